The van der Waals surface area contributed by atoms with Gasteiger partial charge in [0.25, 0.3) is 0 Å². The number of nitrogens with one attached hydrogen (secondary N) is 1. The fraction of sp³-hybridized carbons (Fsp3) is 0.571. The Bertz CT molecular complexity index is 384. The lowest BCUT2D eigenvalue weighted by Gasteiger charge is -2.16. The second kappa shape index (κ2) is 7.07. The van der Waals surface area contributed by atoms with E-state index in [-0.39, 0.29) is 18.2 Å². The van der Waals surface area contributed by atoms with Gasteiger partial charge in [-0.2, -0.15) is 0 Å². The molecule has 1 heterocycles. The van der Waals surface area contributed by atoms with Crippen LogP contribution in [0.3, 0.4) is 0 Å². The van der Waals surface area contributed by atoms with Crippen LogP contribution in [0.1, 0.15) is 17.5 Å². The van der Waals surface area contributed by atoms with Crippen molar-refractivity contribution in [3.05, 3.63) is 35.1 Å². The van der Waals surface area contributed by atoms with Gasteiger partial charge in [-0.15, -0.1) is 12.4 Å². The summed E-state index contributed by atoms with van der Waals surface area (Å²) in [6.07, 6.45) is 1.26. The average molecular weight is 273 g/mol. The van der Waals surface area contributed by atoms with E-state index in [0.29, 0.717) is 0 Å². The van der Waals surface area contributed by atoms with Crippen molar-refractivity contribution in [3.8, 4) is 0 Å². The van der Waals surface area contributed by atoms with Crippen LogP contribution < -0.4 is 5.32 Å². The van der Waals surface area contributed by atoms with Crippen LogP contribution in [0.5, 0.6) is 0 Å². The molecule has 0 spiro atoms. The Morgan fingerprint density at radius 1 is 1.44 bits per heavy atom. The second-order valence-corrected chi connectivity index (χ2v) is 5.03. The Balaban J connectivity index is 0.00000162. The van der Waals surface area contributed by atoms with Gasteiger partial charge in [0.1, 0.15) is 5.82 Å². The predicted octanol–water partition coefficient (Wildman–Crippen LogP) is 2.60. The molecule has 0 aliphatic carbocycles. The lowest BCUT2D eigenvalue weighted by Crippen LogP contribution is -2.24. The minimum absolute atomic E-state index is 0. The molecule has 1 N–H and O–H groups in total. The van der Waals surface area contributed by atoms with Gasteiger partial charge >= 0.3 is 0 Å². The van der Waals surface area contributed by atoms with Crippen LogP contribution in [0.25, 0.3) is 0 Å². The lowest BCUT2D eigenvalue weighted by molar-refractivity contribution is 0.315. The molecule has 0 amide bonds. The van der Waals surface area contributed by atoms with E-state index in [4.69, 9.17) is 0 Å². The summed E-state index contributed by atoms with van der Waals surface area (Å²) in [6, 6.07) is 5.43. The van der Waals surface area contributed by atoms with E-state index in [2.05, 4.69) is 10.2 Å². The Morgan fingerprint density at radius 3 is 2.89 bits per heavy atom. The number of rotatable bonds is 4. The number of likely N-dealkylation sites (tertiary alicyclic amines) is 1. The summed E-state index contributed by atoms with van der Waals surface area (Å²) < 4.78 is 13.2. The summed E-state index contributed by atoms with van der Waals surface area (Å²) in [5.41, 5.74) is 1.96. The maximum absolute atomic E-state index is 13.2. The molecular formula is C14H22ClFN2. The fourth-order valence-electron chi connectivity index (χ4n) is 2.58. The van der Waals surface area contributed by atoms with Crippen LogP contribution in [-0.2, 0) is 6.54 Å². The summed E-state index contributed by atoms with van der Waals surface area (Å²) in [5, 5.41) is 3.23. The fourth-order valence-corrected chi connectivity index (χ4v) is 2.58. The van der Waals surface area contributed by atoms with Crippen LogP contribution >= 0.6 is 12.4 Å². The highest BCUT2D eigenvalue weighted by Gasteiger charge is 2.21. The van der Waals surface area contributed by atoms with Crippen LogP contribution in [0.2, 0.25) is 0 Å². The number of benzene rings is 1. The Morgan fingerprint density at radius 2 is 2.22 bits per heavy atom. The van der Waals surface area contributed by atoms with Crippen molar-refractivity contribution in [2.75, 3.05) is 26.7 Å². The first kappa shape index (κ1) is 15.4. The van der Waals surface area contributed by atoms with E-state index < -0.39 is 0 Å². The van der Waals surface area contributed by atoms with Crippen LogP contribution in [0.15, 0.2) is 18.2 Å². The molecule has 1 aliphatic rings. The average Bonchev–Trinajstić information content (AvgIpc) is 2.72. The van der Waals surface area contributed by atoms with Gasteiger partial charge in [-0.05, 0) is 56.6 Å². The first-order valence-corrected chi connectivity index (χ1v) is 6.31. The van der Waals surface area contributed by atoms with Crippen LogP contribution in [-0.4, -0.2) is 31.6 Å². The van der Waals surface area contributed by atoms with E-state index in [1.165, 1.54) is 12.0 Å². The van der Waals surface area contributed by atoms with Crippen molar-refractivity contribution in [2.24, 2.45) is 5.92 Å². The molecule has 1 aliphatic heterocycles. The van der Waals surface area contributed by atoms with Crippen molar-refractivity contribution in [1.82, 2.24) is 10.2 Å². The zero-order valence-electron chi connectivity index (χ0n) is 11.1. The molecule has 102 valence electrons. The second-order valence-electron chi connectivity index (χ2n) is 5.03. The maximum Gasteiger partial charge on any atom is 0.126 e. The zero-order chi connectivity index (χ0) is 12.3. The Kier molecular flexibility index (Phi) is 6.06. The van der Waals surface area contributed by atoms with Gasteiger partial charge in [0, 0.05) is 13.1 Å². The highest BCUT2D eigenvalue weighted by molar-refractivity contribution is 5.85. The van der Waals surface area contributed by atoms with E-state index in [1.54, 1.807) is 6.07 Å². The summed E-state index contributed by atoms with van der Waals surface area (Å²) >= 11 is 0. The van der Waals surface area contributed by atoms with E-state index in [1.807, 2.05) is 26.1 Å². The molecule has 1 saturated heterocycles. The zero-order valence-corrected chi connectivity index (χ0v) is 11.9. The number of hydrogen-bond donors (Lipinski definition) is 1. The highest BCUT2D eigenvalue weighted by atomic mass is 35.5. The van der Waals surface area contributed by atoms with Gasteiger partial charge in [0.05, 0.1) is 0 Å². The summed E-state index contributed by atoms with van der Waals surface area (Å²) in [7, 11) is 2.01. The number of hydrogen-bond acceptors (Lipinski definition) is 2. The van der Waals surface area contributed by atoms with Gasteiger partial charge in [-0.25, -0.2) is 4.39 Å². The summed E-state index contributed by atoms with van der Waals surface area (Å²) in [5.74, 6) is 0.657. The Labute approximate surface area is 115 Å². The lowest BCUT2D eigenvalue weighted by atomic mass is 10.1. The van der Waals surface area contributed by atoms with Gasteiger partial charge < -0.3 is 5.32 Å². The van der Waals surface area contributed by atoms with Gasteiger partial charge in [-0.3, -0.25) is 4.90 Å². The SMILES string of the molecule is CNCC1CCN(Cc2ccc(F)c(C)c2)C1.Cl. The molecule has 0 radical (unpaired) electrons. The molecule has 0 saturated carbocycles. The molecule has 18 heavy (non-hydrogen) atoms. The largest absolute Gasteiger partial charge is 0.319 e. The first-order valence-electron chi connectivity index (χ1n) is 6.31. The standard InChI is InChI=1S/C14H21FN2.ClH/c1-11-7-12(3-4-14(11)15)9-17-6-5-13(10-17)8-16-2;/h3-4,7,13,16H,5-6,8-10H2,1-2H3;1H. The monoisotopic (exact) mass is 272 g/mol. The topological polar surface area (TPSA) is 15.3 Å². The molecule has 0 aromatic heterocycles. The van der Waals surface area contributed by atoms with E-state index >= 15 is 0 Å². The quantitative estimate of drug-likeness (QED) is 0.906. The molecule has 2 nitrogen and oxygen atoms in total. The summed E-state index contributed by atoms with van der Waals surface area (Å²) in [4.78, 5) is 2.45. The molecule has 2 rings (SSSR count). The third kappa shape index (κ3) is 3.94. The number of nitrogens with zero attached hydrogens (tertiary/aromatic N) is 1. The van der Waals surface area contributed by atoms with Crippen molar-refractivity contribution in [2.45, 2.75) is 19.9 Å². The number of halogens is 2. The third-order valence-corrected chi connectivity index (χ3v) is 3.49. The van der Waals surface area contributed by atoms with Crippen LogP contribution in [0, 0.1) is 18.7 Å². The molecule has 1 atom stereocenters. The van der Waals surface area contributed by atoms with E-state index in [9.17, 15) is 4.39 Å². The Hall–Kier alpha value is -0.640. The third-order valence-electron chi connectivity index (χ3n) is 3.49. The van der Waals surface area contributed by atoms with Crippen molar-refractivity contribution < 1.29 is 4.39 Å². The molecular weight excluding hydrogens is 251 g/mol. The highest BCUT2D eigenvalue weighted by Crippen LogP contribution is 2.19. The molecule has 1 aromatic carbocycles. The molecule has 0 bridgehead atoms. The van der Waals surface area contributed by atoms with Gasteiger partial charge in [-0.1, -0.05) is 12.1 Å². The van der Waals surface area contributed by atoms with Crippen LogP contribution in [0.4, 0.5) is 4.39 Å². The minimum atomic E-state index is -0.108. The first-order chi connectivity index (χ1) is 8.19. The maximum atomic E-state index is 13.2. The summed E-state index contributed by atoms with van der Waals surface area (Å²) in [6.45, 7) is 6.17. The van der Waals surface area contributed by atoms with Crippen molar-refractivity contribution in [1.29, 1.82) is 0 Å². The molecule has 1 aromatic rings. The minimum Gasteiger partial charge on any atom is -0.319 e. The van der Waals surface area contributed by atoms with Gasteiger partial charge in [0.2, 0.25) is 0 Å². The predicted molar refractivity (Wildman–Crippen MR) is 75.7 cm³/mol. The smallest absolute Gasteiger partial charge is 0.126 e. The molecule has 4 heteroatoms. The normalized spacial score (nSPS) is 19.8. The van der Waals surface area contributed by atoms with Gasteiger partial charge in [0.15, 0.2) is 0 Å². The molecule has 1 unspecified atom stereocenters. The van der Waals surface area contributed by atoms with E-state index in [0.717, 1.165) is 37.7 Å². The van der Waals surface area contributed by atoms with Crippen molar-refractivity contribution in [3.63, 3.8) is 0 Å². The molecule has 1 fully saturated rings. The van der Waals surface area contributed by atoms with Crippen molar-refractivity contribution >= 4 is 12.4 Å². The number of aryl methyl sites for hydroxylation is 1.